The lowest BCUT2D eigenvalue weighted by Gasteiger charge is -2.23. The molecular weight excluding hydrogens is 280 g/mol. The molecule has 0 saturated carbocycles. The number of carbonyl (C=O) groups excluding carboxylic acids is 2. The summed E-state index contributed by atoms with van der Waals surface area (Å²) in [6.45, 7) is 11.3. The molecule has 0 heterocycles. The van der Waals surface area contributed by atoms with E-state index in [1.165, 1.54) is 0 Å². The Hall–Kier alpha value is -2.30. The molecule has 0 bridgehead atoms. The Bertz CT molecular complexity index is 548. The fourth-order valence-electron chi connectivity index (χ4n) is 1.51. The average molecular weight is 304 g/mol. The van der Waals surface area contributed by atoms with Gasteiger partial charge in [0.1, 0.15) is 5.60 Å². The van der Waals surface area contributed by atoms with E-state index in [9.17, 15) is 9.59 Å². The standard InChI is InChI=1S/C17H24N2O3/c1-6-17(4,5)22-16(21)19-14-9-7-13(8-10-14)11-18-15(20)12(2)3/h7-10H,2,6,11H2,1,3-5H3,(H,18,20)(H,19,21). The molecule has 0 aliphatic rings. The molecule has 1 aromatic carbocycles. The average Bonchev–Trinajstić information content (AvgIpc) is 2.45. The third kappa shape index (κ3) is 5.99. The van der Waals surface area contributed by atoms with Crippen molar-refractivity contribution in [1.29, 1.82) is 0 Å². The summed E-state index contributed by atoms with van der Waals surface area (Å²) in [5, 5.41) is 5.43. The monoisotopic (exact) mass is 304 g/mol. The molecule has 0 radical (unpaired) electrons. The van der Waals surface area contributed by atoms with E-state index >= 15 is 0 Å². The lowest BCUT2D eigenvalue weighted by molar-refractivity contribution is -0.117. The largest absolute Gasteiger partial charge is 0.443 e. The van der Waals surface area contributed by atoms with Crippen molar-refractivity contribution in [2.75, 3.05) is 5.32 Å². The molecule has 0 fully saturated rings. The minimum Gasteiger partial charge on any atom is -0.443 e. The zero-order valence-electron chi connectivity index (χ0n) is 13.7. The molecule has 120 valence electrons. The fourth-order valence-corrected chi connectivity index (χ4v) is 1.51. The number of hydrogen-bond donors (Lipinski definition) is 2. The van der Waals surface area contributed by atoms with E-state index in [1.54, 1.807) is 19.1 Å². The predicted octanol–water partition coefficient (Wildman–Crippen LogP) is 3.62. The number of rotatable bonds is 6. The number of amides is 2. The van der Waals surface area contributed by atoms with E-state index < -0.39 is 11.7 Å². The highest BCUT2D eigenvalue weighted by Gasteiger charge is 2.20. The summed E-state index contributed by atoms with van der Waals surface area (Å²) in [7, 11) is 0. The van der Waals surface area contributed by atoms with Gasteiger partial charge in [-0.05, 0) is 44.9 Å². The van der Waals surface area contributed by atoms with Crippen LogP contribution >= 0.6 is 0 Å². The van der Waals surface area contributed by atoms with Gasteiger partial charge >= 0.3 is 6.09 Å². The second kappa shape index (κ2) is 7.64. The Morgan fingerprint density at radius 3 is 2.32 bits per heavy atom. The number of carbonyl (C=O) groups is 2. The van der Waals surface area contributed by atoms with Gasteiger partial charge in [-0.25, -0.2) is 4.79 Å². The number of ether oxygens (including phenoxy) is 1. The first kappa shape index (κ1) is 17.8. The number of benzene rings is 1. The van der Waals surface area contributed by atoms with Gasteiger partial charge in [0.2, 0.25) is 5.91 Å². The van der Waals surface area contributed by atoms with Crippen molar-refractivity contribution in [2.45, 2.75) is 46.3 Å². The van der Waals surface area contributed by atoms with Crippen molar-refractivity contribution in [3.05, 3.63) is 42.0 Å². The van der Waals surface area contributed by atoms with Crippen LogP contribution in [-0.4, -0.2) is 17.6 Å². The van der Waals surface area contributed by atoms with Gasteiger partial charge in [0.05, 0.1) is 0 Å². The van der Waals surface area contributed by atoms with E-state index in [0.29, 0.717) is 17.8 Å². The summed E-state index contributed by atoms with van der Waals surface area (Å²) in [6.07, 6.45) is 0.261. The Morgan fingerprint density at radius 1 is 1.23 bits per heavy atom. The molecule has 5 nitrogen and oxygen atoms in total. The van der Waals surface area contributed by atoms with Crippen LogP contribution in [0.1, 0.15) is 39.7 Å². The van der Waals surface area contributed by atoms with Crippen molar-refractivity contribution in [3.63, 3.8) is 0 Å². The van der Waals surface area contributed by atoms with Crippen LogP contribution in [0.5, 0.6) is 0 Å². The smallest absolute Gasteiger partial charge is 0.412 e. The third-order valence-corrected chi connectivity index (χ3v) is 3.26. The van der Waals surface area contributed by atoms with E-state index in [2.05, 4.69) is 17.2 Å². The van der Waals surface area contributed by atoms with Gasteiger partial charge in [0.25, 0.3) is 0 Å². The van der Waals surface area contributed by atoms with Crippen LogP contribution in [0.25, 0.3) is 0 Å². The van der Waals surface area contributed by atoms with Gasteiger partial charge < -0.3 is 10.1 Å². The summed E-state index contributed by atoms with van der Waals surface area (Å²) >= 11 is 0. The first-order valence-corrected chi connectivity index (χ1v) is 7.26. The molecule has 0 aromatic heterocycles. The van der Waals surface area contributed by atoms with Gasteiger partial charge in [-0.15, -0.1) is 0 Å². The minimum absolute atomic E-state index is 0.174. The normalized spacial score (nSPS) is 10.7. The van der Waals surface area contributed by atoms with Crippen molar-refractivity contribution in [3.8, 4) is 0 Å². The molecule has 0 atom stereocenters. The van der Waals surface area contributed by atoms with Crippen LogP contribution in [0.3, 0.4) is 0 Å². The van der Waals surface area contributed by atoms with Gasteiger partial charge in [-0.2, -0.15) is 0 Å². The summed E-state index contributed by atoms with van der Waals surface area (Å²) in [5.41, 5.74) is 1.56. The highest BCUT2D eigenvalue weighted by Crippen LogP contribution is 2.16. The maximum absolute atomic E-state index is 11.8. The predicted molar refractivity (Wildman–Crippen MR) is 87.6 cm³/mol. The molecule has 1 rings (SSSR count). The lowest BCUT2D eigenvalue weighted by Crippen LogP contribution is -2.29. The molecular formula is C17H24N2O3. The Balaban J connectivity index is 2.53. The molecule has 0 unspecified atom stereocenters. The van der Waals surface area contributed by atoms with Crippen LogP contribution < -0.4 is 10.6 Å². The van der Waals surface area contributed by atoms with Crippen LogP contribution in [0.15, 0.2) is 36.4 Å². The van der Waals surface area contributed by atoms with Crippen LogP contribution in [0.4, 0.5) is 10.5 Å². The van der Waals surface area contributed by atoms with Crippen molar-refractivity contribution in [1.82, 2.24) is 5.32 Å². The number of nitrogens with one attached hydrogen (secondary N) is 2. The Labute approximate surface area is 131 Å². The third-order valence-electron chi connectivity index (χ3n) is 3.26. The molecule has 2 N–H and O–H groups in total. The molecule has 5 heteroatoms. The van der Waals surface area contributed by atoms with Crippen molar-refractivity contribution >= 4 is 17.7 Å². The molecule has 22 heavy (non-hydrogen) atoms. The van der Waals surface area contributed by atoms with E-state index in [0.717, 1.165) is 12.0 Å². The minimum atomic E-state index is -0.489. The molecule has 0 spiro atoms. The molecule has 2 amide bonds. The summed E-state index contributed by atoms with van der Waals surface area (Å²) < 4.78 is 5.31. The maximum atomic E-state index is 11.8. The summed E-state index contributed by atoms with van der Waals surface area (Å²) in [6, 6.07) is 7.20. The first-order valence-electron chi connectivity index (χ1n) is 7.26. The molecule has 0 saturated heterocycles. The van der Waals surface area contributed by atoms with Gasteiger partial charge in [0, 0.05) is 17.8 Å². The Morgan fingerprint density at radius 2 is 1.82 bits per heavy atom. The molecule has 1 aromatic rings. The van der Waals surface area contributed by atoms with E-state index in [1.807, 2.05) is 32.9 Å². The quantitative estimate of drug-likeness (QED) is 0.789. The number of anilines is 1. The summed E-state index contributed by atoms with van der Waals surface area (Å²) in [4.78, 5) is 23.2. The fraction of sp³-hybridized carbons (Fsp3) is 0.412. The van der Waals surface area contributed by atoms with Gasteiger partial charge in [-0.3, -0.25) is 10.1 Å². The maximum Gasteiger partial charge on any atom is 0.412 e. The highest BCUT2D eigenvalue weighted by molar-refractivity contribution is 5.92. The zero-order valence-corrected chi connectivity index (χ0v) is 13.7. The molecule has 0 aliphatic heterocycles. The van der Waals surface area contributed by atoms with Gasteiger partial charge in [-0.1, -0.05) is 25.6 Å². The lowest BCUT2D eigenvalue weighted by atomic mass is 10.1. The summed E-state index contributed by atoms with van der Waals surface area (Å²) in [5.74, 6) is -0.174. The zero-order chi connectivity index (χ0) is 16.8. The first-order chi connectivity index (χ1) is 10.2. The van der Waals surface area contributed by atoms with Crippen LogP contribution in [-0.2, 0) is 16.1 Å². The SMILES string of the molecule is C=C(C)C(=O)NCc1ccc(NC(=O)OC(C)(C)CC)cc1. The molecule has 0 aliphatic carbocycles. The van der Waals surface area contributed by atoms with E-state index in [4.69, 9.17) is 4.74 Å². The van der Waals surface area contributed by atoms with Crippen molar-refractivity contribution < 1.29 is 14.3 Å². The van der Waals surface area contributed by atoms with Crippen LogP contribution in [0.2, 0.25) is 0 Å². The van der Waals surface area contributed by atoms with Crippen molar-refractivity contribution in [2.24, 2.45) is 0 Å². The highest BCUT2D eigenvalue weighted by atomic mass is 16.6. The second-order valence-electron chi connectivity index (χ2n) is 5.79. The van der Waals surface area contributed by atoms with Gasteiger partial charge in [0.15, 0.2) is 0 Å². The Kier molecular flexibility index (Phi) is 6.16. The van der Waals surface area contributed by atoms with E-state index in [-0.39, 0.29) is 5.91 Å². The number of hydrogen-bond acceptors (Lipinski definition) is 3. The second-order valence-corrected chi connectivity index (χ2v) is 5.79. The van der Waals surface area contributed by atoms with Crippen LogP contribution in [0, 0.1) is 0 Å². The topological polar surface area (TPSA) is 67.4 Å².